The number of aromatic amines is 2. The van der Waals surface area contributed by atoms with Crippen LogP contribution in [-0.4, -0.2) is 26.1 Å². The van der Waals surface area contributed by atoms with Crippen LogP contribution in [0.25, 0.3) is 22.3 Å². The van der Waals surface area contributed by atoms with Gasteiger partial charge in [-0.25, -0.2) is 14.4 Å². The number of rotatable bonds is 5. The number of hydrogen-bond acceptors (Lipinski definition) is 4. The van der Waals surface area contributed by atoms with Crippen LogP contribution in [0.2, 0.25) is 0 Å². The number of nitrogens with one attached hydrogen (secondary N) is 3. The standard InChI is InChI=1S/C29H29FN6.C2H2/c1-2-25(31)32-14-26-33-24-11-16(10-22(30)28(24)35-26)4-3-15-5-7-19-17(9-15)6-8-23-27(19)36-29(34-23)21-13-18-12-20(18)21;1-2/h5,7,9-11,18,20-21,25,32H,2,6,8,12-14,31H2,1H3,(H,33,35)(H,34,36);1-2H/t18-,20?,21-,25?;/m1./s1. The number of nitrogens with two attached hydrogens (primary N) is 1. The van der Waals surface area contributed by atoms with Crippen LogP contribution in [-0.2, 0) is 19.4 Å². The number of H-pyrrole nitrogens is 2. The van der Waals surface area contributed by atoms with Crippen LogP contribution in [0.1, 0.15) is 66.1 Å². The summed E-state index contributed by atoms with van der Waals surface area (Å²) in [6.07, 6.45) is 13.3. The highest BCUT2D eigenvalue weighted by Crippen LogP contribution is 2.63. The van der Waals surface area contributed by atoms with E-state index in [4.69, 9.17) is 10.7 Å². The van der Waals surface area contributed by atoms with Gasteiger partial charge in [0.15, 0.2) is 5.82 Å². The molecule has 2 aromatic heterocycles. The average Bonchev–Trinajstić information content (AvgIpc) is 3.25. The van der Waals surface area contributed by atoms with E-state index in [1.807, 2.05) is 19.1 Å². The second kappa shape index (κ2) is 9.76. The SMILES string of the molecule is C#C.CCC(N)NCc1nc2c(F)cc(C#Cc3ccc4c(c3)CCc3[nH]c([C@@H]5C[C@H]6CC65)nc3-4)cc2[nH]1. The highest BCUT2D eigenvalue weighted by molar-refractivity contribution is 5.78. The lowest BCUT2D eigenvalue weighted by molar-refractivity contribution is 0.374. The van der Waals surface area contributed by atoms with Crippen LogP contribution in [0.5, 0.6) is 0 Å². The molecule has 4 atom stereocenters. The van der Waals surface area contributed by atoms with Crippen LogP contribution < -0.4 is 11.1 Å². The summed E-state index contributed by atoms with van der Waals surface area (Å²) in [6, 6.07) is 9.64. The fraction of sp³-hybridized carbons (Fsp3) is 0.355. The van der Waals surface area contributed by atoms with Crippen molar-refractivity contribution in [3.05, 3.63) is 70.2 Å². The number of aryl methyl sites for hydroxylation is 2. The molecule has 0 spiro atoms. The van der Waals surface area contributed by atoms with Gasteiger partial charge in [-0.2, -0.15) is 0 Å². The molecule has 0 saturated heterocycles. The molecule has 7 rings (SSSR count). The Labute approximate surface area is 222 Å². The molecular weight excluding hydrogens is 475 g/mol. The molecule has 6 nitrogen and oxygen atoms in total. The van der Waals surface area contributed by atoms with Gasteiger partial charge in [-0.1, -0.05) is 24.8 Å². The molecule has 0 radical (unpaired) electrons. The Morgan fingerprint density at radius 2 is 1.95 bits per heavy atom. The van der Waals surface area contributed by atoms with Gasteiger partial charge < -0.3 is 15.7 Å². The van der Waals surface area contributed by atoms with Crippen LogP contribution in [0.4, 0.5) is 4.39 Å². The number of hydrogen-bond donors (Lipinski definition) is 4. The van der Waals surface area contributed by atoms with E-state index in [0.29, 0.717) is 34.9 Å². The van der Waals surface area contributed by atoms with Crippen LogP contribution in [0.15, 0.2) is 30.3 Å². The first kappa shape index (κ1) is 24.4. The quantitative estimate of drug-likeness (QED) is 0.232. The number of aromatic nitrogens is 4. The maximum Gasteiger partial charge on any atom is 0.152 e. The van der Waals surface area contributed by atoms with Crippen molar-refractivity contribution in [1.29, 1.82) is 0 Å². The first-order valence-electron chi connectivity index (χ1n) is 13.3. The number of imidazole rings is 2. The van der Waals surface area contributed by atoms with E-state index in [1.54, 1.807) is 0 Å². The van der Waals surface area contributed by atoms with E-state index in [-0.39, 0.29) is 12.0 Å². The fourth-order valence-corrected chi connectivity index (χ4v) is 5.83. The summed E-state index contributed by atoms with van der Waals surface area (Å²) in [5, 5.41) is 3.16. The molecule has 3 aliphatic carbocycles. The third-order valence-electron chi connectivity index (χ3n) is 8.12. The van der Waals surface area contributed by atoms with Gasteiger partial charge in [-0.3, -0.25) is 5.32 Å². The summed E-state index contributed by atoms with van der Waals surface area (Å²) in [5.41, 5.74) is 13.3. The minimum atomic E-state index is -0.379. The Kier molecular flexibility index (Phi) is 6.27. The molecule has 2 unspecified atom stereocenters. The van der Waals surface area contributed by atoms with Crippen molar-refractivity contribution in [3.8, 4) is 35.9 Å². The zero-order valence-electron chi connectivity index (χ0n) is 21.4. The highest BCUT2D eigenvalue weighted by Gasteiger charge is 2.55. The normalized spacial score (nSPS) is 21.0. The molecule has 3 aliphatic rings. The minimum absolute atomic E-state index is 0.115. The largest absolute Gasteiger partial charge is 0.345 e. The van der Waals surface area contributed by atoms with E-state index in [9.17, 15) is 4.39 Å². The van der Waals surface area contributed by atoms with Crippen molar-refractivity contribution in [2.75, 3.05) is 0 Å². The van der Waals surface area contributed by atoms with Crippen molar-refractivity contribution in [2.24, 2.45) is 17.6 Å². The molecule has 2 aromatic carbocycles. The molecule has 38 heavy (non-hydrogen) atoms. The maximum atomic E-state index is 14.7. The van der Waals surface area contributed by atoms with Crippen molar-refractivity contribution in [2.45, 2.75) is 57.7 Å². The summed E-state index contributed by atoms with van der Waals surface area (Å²) < 4.78 is 14.7. The Hall–Kier alpha value is -3.91. The number of fused-ring (bicyclic) bond motifs is 5. The molecular formula is C31H31FN6. The molecule has 2 heterocycles. The Morgan fingerprint density at radius 3 is 2.71 bits per heavy atom. The van der Waals surface area contributed by atoms with E-state index in [1.165, 1.54) is 41.6 Å². The number of terminal acetylenes is 1. The van der Waals surface area contributed by atoms with Gasteiger partial charge in [0.1, 0.15) is 17.2 Å². The number of nitrogens with zero attached hydrogens (tertiary/aromatic N) is 2. The highest BCUT2D eigenvalue weighted by atomic mass is 19.1. The van der Waals surface area contributed by atoms with Crippen molar-refractivity contribution in [1.82, 2.24) is 25.3 Å². The molecule has 5 N–H and O–H groups in total. The third-order valence-corrected chi connectivity index (χ3v) is 8.12. The topological polar surface area (TPSA) is 95.4 Å². The second-order valence-corrected chi connectivity index (χ2v) is 10.5. The van der Waals surface area contributed by atoms with E-state index >= 15 is 0 Å². The Balaban J connectivity index is 0.00000129. The van der Waals surface area contributed by atoms with Crippen LogP contribution in [0, 0.1) is 42.3 Å². The third kappa shape index (κ3) is 4.39. The van der Waals surface area contributed by atoms with Gasteiger partial charge in [-0.05, 0) is 73.8 Å². The van der Waals surface area contributed by atoms with E-state index < -0.39 is 0 Å². The average molecular weight is 507 g/mol. The summed E-state index contributed by atoms with van der Waals surface area (Å²) in [4.78, 5) is 16.2. The van der Waals surface area contributed by atoms with E-state index in [0.717, 1.165) is 42.4 Å². The monoisotopic (exact) mass is 506 g/mol. The molecule has 0 bridgehead atoms. The zero-order valence-corrected chi connectivity index (χ0v) is 21.4. The first-order valence-corrected chi connectivity index (χ1v) is 13.3. The molecule has 4 aromatic rings. The molecule has 192 valence electrons. The van der Waals surface area contributed by atoms with Gasteiger partial charge in [0.05, 0.1) is 23.9 Å². The summed E-state index contributed by atoms with van der Waals surface area (Å²) in [5.74, 6) is 10.3. The summed E-state index contributed by atoms with van der Waals surface area (Å²) >= 11 is 0. The van der Waals surface area contributed by atoms with Crippen molar-refractivity contribution < 1.29 is 4.39 Å². The molecule has 2 saturated carbocycles. The molecule has 2 fully saturated rings. The van der Waals surface area contributed by atoms with Gasteiger partial charge in [0, 0.05) is 28.3 Å². The zero-order chi connectivity index (χ0) is 26.4. The van der Waals surface area contributed by atoms with Gasteiger partial charge in [0.2, 0.25) is 0 Å². The van der Waals surface area contributed by atoms with E-state index in [2.05, 4.69) is 57.1 Å². The van der Waals surface area contributed by atoms with Gasteiger partial charge in [0.25, 0.3) is 0 Å². The second-order valence-electron chi connectivity index (χ2n) is 10.5. The number of halogens is 1. The van der Waals surface area contributed by atoms with Crippen molar-refractivity contribution in [3.63, 3.8) is 0 Å². The Morgan fingerprint density at radius 1 is 1.11 bits per heavy atom. The summed E-state index contributed by atoms with van der Waals surface area (Å²) in [7, 11) is 0. The summed E-state index contributed by atoms with van der Waals surface area (Å²) in [6.45, 7) is 2.46. The van der Waals surface area contributed by atoms with Gasteiger partial charge in [-0.15, -0.1) is 12.8 Å². The molecule has 0 aliphatic heterocycles. The first-order chi connectivity index (χ1) is 18.6. The fourth-order valence-electron chi connectivity index (χ4n) is 5.83. The predicted octanol–water partition coefficient (Wildman–Crippen LogP) is 4.75. The minimum Gasteiger partial charge on any atom is -0.345 e. The lowest BCUT2D eigenvalue weighted by Crippen LogP contribution is -2.36. The van der Waals surface area contributed by atoms with Crippen LogP contribution >= 0.6 is 0 Å². The lowest BCUT2D eigenvalue weighted by atomic mass is 9.85. The molecule has 7 heteroatoms. The number of benzene rings is 2. The smallest absolute Gasteiger partial charge is 0.152 e. The maximum absolute atomic E-state index is 14.7. The van der Waals surface area contributed by atoms with Crippen molar-refractivity contribution >= 4 is 11.0 Å². The lowest BCUT2D eigenvalue weighted by Gasteiger charge is -2.22. The Bertz CT molecular complexity index is 1600. The van der Waals surface area contributed by atoms with Gasteiger partial charge >= 0.3 is 0 Å². The molecule has 0 amide bonds. The van der Waals surface area contributed by atoms with Crippen LogP contribution in [0.3, 0.4) is 0 Å². The predicted molar refractivity (Wildman–Crippen MR) is 147 cm³/mol.